The van der Waals surface area contributed by atoms with Crippen LogP contribution in [-0.2, 0) is 11.3 Å². The lowest BCUT2D eigenvalue weighted by Gasteiger charge is -2.11. The van der Waals surface area contributed by atoms with Crippen molar-refractivity contribution >= 4 is 63.2 Å². The van der Waals surface area contributed by atoms with Gasteiger partial charge in [-0.2, -0.15) is 0 Å². The van der Waals surface area contributed by atoms with Gasteiger partial charge in [-0.3, -0.25) is 14.9 Å². The molecule has 0 saturated carbocycles. The minimum atomic E-state index is -0.367. The van der Waals surface area contributed by atoms with E-state index in [1.807, 2.05) is 36.4 Å². The topological polar surface area (TPSA) is 64.0 Å². The van der Waals surface area contributed by atoms with Crippen LogP contribution in [0.25, 0.3) is 28.5 Å². The van der Waals surface area contributed by atoms with E-state index in [2.05, 4.69) is 35.9 Å². The first-order valence-electron chi connectivity index (χ1n) is 10.6. The molecular formula is C26H19Cl2N3O2S. The third-order valence-electron chi connectivity index (χ3n) is 5.80. The Morgan fingerprint density at radius 1 is 0.971 bits per heavy atom. The molecule has 3 aromatic carbocycles. The lowest BCUT2D eigenvalue weighted by atomic mass is 10.1. The zero-order valence-electron chi connectivity index (χ0n) is 18.4. The summed E-state index contributed by atoms with van der Waals surface area (Å²) < 4.78 is 2.17. The highest BCUT2D eigenvalue weighted by molar-refractivity contribution is 8.18. The van der Waals surface area contributed by atoms with E-state index < -0.39 is 0 Å². The van der Waals surface area contributed by atoms with Crippen LogP contribution in [-0.4, -0.2) is 20.7 Å². The second-order valence-electron chi connectivity index (χ2n) is 8.17. The quantitative estimate of drug-likeness (QED) is 0.302. The average Bonchev–Trinajstić information content (AvgIpc) is 3.30. The first-order chi connectivity index (χ1) is 16.3. The number of benzene rings is 3. The molecule has 0 bridgehead atoms. The number of carbonyl (C=O) groups is 2. The molecule has 34 heavy (non-hydrogen) atoms. The molecule has 8 heteroatoms. The van der Waals surface area contributed by atoms with E-state index in [-0.39, 0.29) is 11.1 Å². The number of hydrogen-bond acceptors (Lipinski definition) is 4. The summed E-state index contributed by atoms with van der Waals surface area (Å²) in [7, 11) is 0. The second-order valence-corrected chi connectivity index (χ2v) is 10.00. The van der Waals surface area contributed by atoms with Crippen molar-refractivity contribution in [1.82, 2.24) is 14.9 Å². The Hall–Kier alpha value is -3.06. The van der Waals surface area contributed by atoms with E-state index in [1.54, 1.807) is 12.1 Å². The number of halogens is 2. The van der Waals surface area contributed by atoms with Crippen molar-refractivity contribution in [2.45, 2.75) is 20.4 Å². The van der Waals surface area contributed by atoms with Gasteiger partial charge in [0, 0.05) is 12.1 Å². The SMILES string of the molecule is Cc1cc2nc(-c3ccc(/C=C4/SC(=O)NC4=O)cc3)n(Cc3ccc(Cl)c(Cl)c3)c2cc1C. The molecule has 2 amide bonds. The predicted octanol–water partition coefficient (Wildman–Crippen LogP) is 7.00. The number of carbonyl (C=O) groups excluding carboxylic acids is 2. The Morgan fingerprint density at radius 3 is 2.38 bits per heavy atom. The van der Waals surface area contributed by atoms with Crippen LogP contribution in [0.2, 0.25) is 10.0 Å². The number of fused-ring (bicyclic) bond motifs is 1. The fourth-order valence-corrected chi connectivity index (χ4v) is 4.88. The molecule has 0 spiro atoms. The van der Waals surface area contributed by atoms with E-state index >= 15 is 0 Å². The van der Waals surface area contributed by atoms with Gasteiger partial charge in [0.05, 0.1) is 26.0 Å². The highest BCUT2D eigenvalue weighted by Crippen LogP contribution is 2.31. The van der Waals surface area contributed by atoms with Gasteiger partial charge in [-0.25, -0.2) is 4.98 Å². The molecule has 1 aromatic heterocycles. The predicted molar refractivity (Wildman–Crippen MR) is 139 cm³/mol. The number of imidazole rings is 1. The summed E-state index contributed by atoms with van der Waals surface area (Å²) in [5.41, 5.74) is 7.11. The molecule has 1 fully saturated rings. The summed E-state index contributed by atoms with van der Waals surface area (Å²) in [4.78, 5) is 28.6. The average molecular weight is 508 g/mol. The molecule has 1 aliphatic rings. The van der Waals surface area contributed by atoms with Crippen LogP contribution in [0.4, 0.5) is 4.79 Å². The molecule has 5 nitrogen and oxygen atoms in total. The largest absolute Gasteiger partial charge is 0.319 e. The van der Waals surface area contributed by atoms with Gasteiger partial charge in [-0.1, -0.05) is 53.5 Å². The zero-order valence-corrected chi connectivity index (χ0v) is 20.7. The van der Waals surface area contributed by atoms with Gasteiger partial charge in [-0.05, 0) is 78.2 Å². The number of amides is 2. The number of aromatic nitrogens is 2. The van der Waals surface area contributed by atoms with Gasteiger partial charge in [0.2, 0.25) is 0 Å². The molecule has 1 saturated heterocycles. The van der Waals surface area contributed by atoms with Crippen LogP contribution in [0.15, 0.2) is 59.5 Å². The van der Waals surface area contributed by atoms with Gasteiger partial charge in [0.15, 0.2) is 0 Å². The maximum atomic E-state index is 11.8. The van der Waals surface area contributed by atoms with Crippen molar-refractivity contribution in [3.63, 3.8) is 0 Å². The lowest BCUT2D eigenvalue weighted by molar-refractivity contribution is -0.115. The third-order valence-corrected chi connectivity index (χ3v) is 7.35. The van der Waals surface area contributed by atoms with Crippen molar-refractivity contribution in [3.8, 4) is 11.4 Å². The minimum absolute atomic E-state index is 0.352. The fourth-order valence-electron chi connectivity index (χ4n) is 3.88. The summed E-state index contributed by atoms with van der Waals surface area (Å²) in [6.45, 7) is 4.75. The maximum absolute atomic E-state index is 11.8. The molecule has 1 aliphatic heterocycles. The highest BCUT2D eigenvalue weighted by atomic mass is 35.5. The van der Waals surface area contributed by atoms with Crippen LogP contribution >= 0.6 is 35.0 Å². The van der Waals surface area contributed by atoms with Crippen LogP contribution in [0.1, 0.15) is 22.3 Å². The summed E-state index contributed by atoms with van der Waals surface area (Å²) in [6.07, 6.45) is 1.71. The Kier molecular flexibility index (Phi) is 5.98. The lowest BCUT2D eigenvalue weighted by Crippen LogP contribution is -2.17. The molecule has 4 aromatic rings. The fraction of sp³-hybridized carbons (Fsp3) is 0.115. The number of thioether (sulfide) groups is 1. The highest BCUT2D eigenvalue weighted by Gasteiger charge is 2.25. The summed E-state index contributed by atoms with van der Waals surface area (Å²) in [5.74, 6) is 0.460. The van der Waals surface area contributed by atoms with E-state index in [4.69, 9.17) is 28.2 Å². The minimum Gasteiger partial charge on any atom is -0.319 e. The second kappa shape index (κ2) is 8.95. The van der Waals surface area contributed by atoms with Crippen LogP contribution < -0.4 is 5.32 Å². The summed E-state index contributed by atoms with van der Waals surface area (Å²) in [6, 6.07) is 17.7. The summed E-state index contributed by atoms with van der Waals surface area (Å²) in [5, 5.41) is 2.96. The van der Waals surface area contributed by atoms with E-state index in [1.165, 1.54) is 11.1 Å². The monoisotopic (exact) mass is 507 g/mol. The van der Waals surface area contributed by atoms with Gasteiger partial charge >= 0.3 is 0 Å². The van der Waals surface area contributed by atoms with Crippen LogP contribution in [0, 0.1) is 13.8 Å². The molecule has 0 atom stereocenters. The van der Waals surface area contributed by atoms with E-state index in [0.717, 1.165) is 45.3 Å². The standard InChI is InChI=1S/C26H19Cl2N3O2S/c1-14-9-21-22(10-15(14)2)31(13-17-5-8-19(27)20(28)11-17)24(29-21)18-6-3-16(4-7-18)12-23-25(32)30-26(33)34-23/h3-12H,13H2,1-2H3,(H,30,32,33)/b23-12+. The number of nitrogens with zero attached hydrogens (tertiary/aromatic N) is 2. The van der Waals surface area contributed by atoms with Gasteiger partial charge in [-0.15, -0.1) is 0 Å². The Balaban J connectivity index is 1.57. The van der Waals surface area contributed by atoms with E-state index in [0.29, 0.717) is 21.5 Å². The van der Waals surface area contributed by atoms with Crippen molar-refractivity contribution in [2.75, 3.05) is 0 Å². The van der Waals surface area contributed by atoms with Crippen LogP contribution in [0.3, 0.4) is 0 Å². The van der Waals surface area contributed by atoms with Crippen molar-refractivity contribution in [2.24, 2.45) is 0 Å². The smallest absolute Gasteiger partial charge is 0.290 e. The first kappa shape index (κ1) is 22.7. The third kappa shape index (κ3) is 4.37. The van der Waals surface area contributed by atoms with Gasteiger partial charge < -0.3 is 4.57 Å². The number of rotatable bonds is 4. The number of nitrogens with one attached hydrogen (secondary N) is 1. The van der Waals surface area contributed by atoms with Crippen molar-refractivity contribution < 1.29 is 9.59 Å². The molecule has 2 heterocycles. The normalized spacial score (nSPS) is 14.9. The zero-order chi connectivity index (χ0) is 24.0. The van der Waals surface area contributed by atoms with Crippen molar-refractivity contribution in [1.29, 1.82) is 0 Å². The first-order valence-corrected chi connectivity index (χ1v) is 12.1. The Morgan fingerprint density at radius 2 is 1.71 bits per heavy atom. The molecule has 5 rings (SSSR count). The Labute approximate surface area is 210 Å². The van der Waals surface area contributed by atoms with E-state index in [9.17, 15) is 9.59 Å². The summed E-state index contributed by atoms with van der Waals surface area (Å²) >= 11 is 13.3. The molecular weight excluding hydrogens is 489 g/mol. The molecule has 1 N–H and O–H groups in total. The van der Waals surface area contributed by atoms with Crippen molar-refractivity contribution in [3.05, 3.63) is 91.8 Å². The Bertz CT molecular complexity index is 1510. The molecule has 0 aliphatic carbocycles. The number of hydrogen-bond donors (Lipinski definition) is 1. The van der Waals surface area contributed by atoms with Gasteiger partial charge in [0.25, 0.3) is 11.1 Å². The molecule has 0 radical (unpaired) electrons. The number of aryl methyl sites for hydroxylation is 2. The van der Waals surface area contributed by atoms with Gasteiger partial charge in [0.1, 0.15) is 5.82 Å². The van der Waals surface area contributed by atoms with Crippen LogP contribution in [0.5, 0.6) is 0 Å². The molecule has 170 valence electrons. The maximum Gasteiger partial charge on any atom is 0.290 e. The molecule has 0 unspecified atom stereocenters. The number of imide groups is 1.